The summed E-state index contributed by atoms with van der Waals surface area (Å²) in [5.74, 6) is 0.664. The molecule has 2 rings (SSSR count). The Kier molecular flexibility index (Phi) is 2.40. The van der Waals surface area contributed by atoms with E-state index >= 15 is 0 Å². The molecule has 78 valence electrons. The van der Waals surface area contributed by atoms with E-state index in [1.54, 1.807) is 6.07 Å². The molecule has 15 heavy (non-hydrogen) atoms. The SMILES string of the molecule is Cc1ccc(-c2cc(N)n[nH]2)c(Br)c1O. The van der Waals surface area contributed by atoms with Crippen LogP contribution in [-0.2, 0) is 0 Å². The van der Waals surface area contributed by atoms with Crippen LogP contribution in [0.4, 0.5) is 5.82 Å². The second-order valence-electron chi connectivity index (χ2n) is 3.30. The molecule has 0 unspecified atom stereocenters. The van der Waals surface area contributed by atoms with Gasteiger partial charge in [0.1, 0.15) is 11.6 Å². The predicted octanol–water partition coefficient (Wildman–Crippen LogP) is 2.44. The number of nitrogen functional groups attached to an aromatic ring is 1. The van der Waals surface area contributed by atoms with Crippen LogP contribution >= 0.6 is 15.9 Å². The molecule has 2 aromatic rings. The highest BCUT2D eigenvalue weighted by atomic mass is 79.9. The molecule has 5 heteroatoms. The second-order valence-corrected chi connectivity index (χ2v) is 4.09. The number of anilines is 1. The van der Waals surface area contributed by atoms with E-state index in [0.717, 1.165) is 16.8 Å². The summed E-state index contributed by atoms with van der Waals surface area (Å²) in [5.41, 5.74) is 7.94. The first-order valence-corrected chi connectivity index (χ1v) is 5.18. The minimum atomic E-state index is 0.237. The van der Waals surface area contributed by atoms with E-state index in [0.29, 0.717) is 10.3 Å². The van der Waals surface area contributed by atoms with Crippen LogP contribution in [-0.4, -0.2) is 15.3 Å². The van der Waals surface area contributed by atoms with Crippen LogP contribution in [0, 0.1) is 6.92 Å². The smallest absolute Gasteiger partial charge is 0.145 e. The van der Waals surface area contributed by atoms with Gasteiger partial charge < -0.3 is 10.8 Å². The molecule has 0 amide bonds. The predicted molar refractivity (Wildman–Crippen MR) is 62.5 cm³/mol. The number of aromatic nitrogens is 2. The third-order valence-electron chi connectivity index (χ3n) is 2.21. The summed E-state index contributed by atoms with van der Waals surface area (Å²) in [6.07, 6.45) is 0. The van der Waals surface area contributed by atoms with Gasteiger partial charge in [-0.15, -0.1) is 0 Å². The van der Waals surface area contributed by atoms with E-state index in [9.17, 15) is 5.11 Å². The lowest BCUT2D eigenvalue weighted by molar-refractivity contribution is 0.468. The van der Waals surface area contributed by atoms with Gasteiger partial charge in [-0.1, -0.05) is 12.1 Å². The van der Waals surface area contributed by atoms with Gasteiger partial charge in [0.25, 0.3) is 0 Å². The number of nitrogens with zero attached hydrogens (tertiary/aromatic N) is 1. The normalized spacial score (nSPS) is 10.5. The Balaban J connectivity index is 2.59. The van der Waals surface area contributed by atoms with E-state index < -0.39 is 0 Å². The zero-order valence-electron chi connectivity index (χ0n) is 8.08. The zero-order valence-corrected chi connectivity index (χ0v) is 9.67. The summed E-state index contributed by atoms with van der Waals surface area (Å²) in [6.45, 7) is 1.84. The average Bonchev–Trinajstić information content (AvgIpc) is 2.61. The molecular weight excluding hydrogens is 258 g/mol. The Morgan fingerprint density at radius 3 is 2.80 bits per heavy atom. The molecule has 1 aromatic carbocycles. The number of phenols is 1. The van der Waals surface area contributed by atoms with Gasteiger partial charge in [-0.2, -0.15) is 5.10 Å². The van der Waals surface area contributed by atoms with E-state index in [1.165, 1.54) is 0 Å². The fraction of sp³-hybridized carbons (Fsp3) is 0.100. The number of nitrogens with two attached hydrogens (primary N) is 1. The molecule has 1 aromatic heterocycles. The highest BCUT2D eigenvalue weighted by Gasteiger charge is 2.11. The molecule has 1 heterocycles. The van der Waals surface area contributed by atoms with Gasteiger partial charge in [-0.05, 0) is 28.4 Å². The first-order valence-electron chi connectivity index (χ1n) is 4.39. The van der Waals surface area contributed by atoms with E-state index in [2.05, 4.69) is 26.1 Å². The number of halogens is 1. The molecule has 0 atom stereocenters. The minimum absolute atomic E-state index is 0.237. The fourth-order valence-electron chi connectivity index (χ4n) is 1.34. The summed E-state index contributed by atoms with van der Waals surface area (Å²) < 4.78 is 0.645. The summed E-state index contributed by atoms with van der Waals surface area (Å²) in [4.78, 5) is 0. The maximum Gasteiger partial charge on any atom is 0.145 e. The number of benzene rings is 1. The van der Waals surface area contributed by atoms with Crippen LogP contribution in [0.3, 0.4) is 0 Å². The van der Waals surface area contributed by atoms with Gasteiger partial charge in [0.05, 0.1) is 10.2 Å². The van der Waals surface area contributed by atoms with Gasteiger partial charge in [-0.25, -0.2) is 0 Å². The highest BCUT2D eigenvalue weighted by Crippen LogP contribution is 2.36. The highest BCUT2D eigenvalue weighted by molar-refractivity contribution is 9.10. The van der Waals surface area contributed by atoms with E-state index in [4.69, 9.17) is 5.73 Å². The summed E-state index contributed by atoms with van der Waals surface area (Å²) in [6, 6.07) is 5.45. The Bertz CT molecular complexity index is 507. The Hall–Kier alpha value is -1.49. The molecule has 4 N–H and O–H groups in total. The van der Waals surface area contributed by atoms with Gasteiger partial charge in [0, 0.05) is 11.6 Å². The minimum Gasteiger partial charge on any atom is -0.506 e. The average molecular weight is 268 g/mol. The van der Waals surface area contributed by atoms with Gasteiger partial charge in [0.15, 0.2) is 0 Å². The maximum atomic E-state index is 9.74. The van der Waals surface area contributed by atoms with Gasteiger partial charge in [0.2, 0.25) is 0 Å². The molecule has 0 radical (unpaired) electrons. The number of aromatic hydroxyl groups is 1. The Labute approximate surface area is 95.3 Å². The summed E-state index contributed by atoms with van der Waals surface area (Å²) >= 11 is 3.34. The molecule has 0 saturated heterocycles. The van der Waals surface area contributed by atoms with Crippen molar-refractivity contribution in [3.05, 3.63) is 28.2 Å². The lowest BCUT2D eigenvalue weighted by Crippen LogP contribution is -1.83. The largest absolute Gasteiger partial charge is 0.506 e. The molecule has 0 aliphatic heterocycles. The van der Waals surface area contributed by atoms with Crippen molar-refractivity contribution < 1.29 is 5.11 Å². The molecular formula is C10H10BrN3O. The van der Waals surface area contributed by atoms with E-state index in [-0.39, 0.29) is 5.75 Å². The van der Waals surface area contributed by atoms with Crippen molar-refractivity contribution in [2.75, 3.05) is 5.73 Å². The topological polar surface area (TPSA) is 74.9 Å². The monoisotopic (exact) mass is 267 g/mol. The number of rotatable bonds is 1. The third kappa shape index (κ3) is 1.70. The van der Waals surface area contributed by atoms with Crippen LogP contribution in [0.15, 0.2) is 22.7 Å². The maximum absolute atomic E-state index is 9.74. The van der Waals surface area contributed by atoms with Crippen molar-refractivity contribution in [1.82, 2.24) is 10.2 Å². The lowest BCUT2D eigenvalue weighted by atomic mass is 10.1. The van der Waals surface area contributed by atoms with Crippen molar-refractivity contribution in [1.29, 1.82) is 0 Å². The van der Waals surface area contributed by atoms with Crippen LogP contribution in [0.5, 0.6) is 5.75 Å². The van der Waals surface area contributed by atoms with Crippen LogP contribution in [0.2, 0.25) is 0 Å². The Morgan fingerprint density at radius 1 is 1.47 bits per heavy atom. The van der Waals surface area contributed by atoms with Crippen molar-refractivity contribution >= 4 is 21.7 Å². The first kappa shape index (κ1) is 10.0. The number of aromatic amines is 1. The number of hydrogen-bond donors (Lipinski definition) is 3. The first-order chi connectivity index (χ1) is 7.09. The van der Waals surface area contributed by atoms with Crippen LogP contribution in [0.1, 0.15) is 5.56 Å². The molecule has 0 aliphatic carbocycles. The second kappa shape index (κ2) is 3.58. The van der Waals surface area contributed by atoms with Crippen LogP contribution in [0.25, 0.3) is 11.3 Å². The Morgan fingerprint density at radius 2 is 2.20 bits per heavy atom. The number of hydrogen-bond acceptors (Lipinski definition) is 3. The molecule has 0 fully saturated rings. The van der Waals surface area contributed by atoms with E-state index in [1.807, 2.05) is 19.1 Å². The van der Waals surface area contributed by atoms with Crippen molar-refractivity contribution in [2.45, 2.75) is 6.92 Å². The van der Waals surface area contributed by atoms with Crippen LogP contribution < -0.4 is 5.73 Å². The lowest BCUT2D eigenvalue weighted by Gasteiger charge is -2.06. The third-order valence-corrected chi connectivity index (χ3v) is 3.01. The fourth-order valence-corrected chi connectivity index (χ4v) is 2.00. The quantitative estimate of drug-likeness (QED) is 0.743. The van der Waals surface area contributed by atoms with Crippen molar-refractivity contribution in [3.8, 4) is 17.0 Å². The molecule has 4 nitrogen and oxygen atoms in total. The summed E-state index contributed by atoms with van der Waals surface area (Å²) in [7, 11) is 0. The zero-order chi connectivity index (χ0) is 11.0. The van der Waals surface area contributed by atoms with Crippen molar-refractivity contribution in [2.24, 2.45) is 0 Å². The molecule has 0 aliphatic rings. The molecule has 0 bridgehead atoms. The van der Waals surface area contributed by atoms with Gasteiger partial charge in [-0.3, -0.25) is 5.10 Å². The summed E-state index contributed by atoms with van der Waals surface area (Å²) in [5, 5.41) is 16.4. The number of nitrogens with one attached hydrogen (secondary N) is 1. The van der Waals surface area contributed by atoms with Crippen molar-refractivity contribution in [3.63, 3.8) is 0 Å². The number of phenolic OH excluding ortho intramolecular Hbond substituents is 1. The number of H-pyrrole nitrogens is 1. The molecule has 0 saturated carbocycles. The standard InChI is InChI=1S/C10H10BrN3O/c1-5-2-3-6(9(11)10(5)15)7-4-8(12)14-13-7/h2-4,15H,1H3,(H3,12,13,14). The molecule has 0 spiro atoms. The number of aryl methyl sites for hydroxylation is 1. The van der Waals surface area contributed by atoms with Gasteiger partial charge >= 0.3 is 0 Å².